The Balaban J connectivity index is 2.05. The van der Waals surface area contributed by atoms with Gasteiger partial charge in [-0.2, -0.15) is 13.2 Å². The number of fused-ring (bicyclic) bond motifs is 1. The van der Waals surface area contributed by atoms with Gasteiger partial charge in [0.25, 0.3) is 0 Å². The van der Waals surface area contributed by atoms with Gasteiger partial charge in [0.05, 0.1) is 19.6 Å². The number of nitrogens with zero attached hydrogens (tertiary/aromatic N) is 2. The first-order valence-corrected chi connectivity index (χ1v) is 7.92. The summed E-state index contributed by atoms with van der Waals surface area (Å²) in [7, 11) is 2.90. The molecule has 2 rings (SSSR count). The average molecular weight is 367 g/mol. The Labute approximate surface area is 149 Å². The smallest absolute Gasteiger partial charge is 0.348 e. The molecule has 0 fully saturated rings. The third-order valence-corrected chi connectivity index (χ3v) is 3.66. The summed E-state index contributed by atoms with van der Waals surface area (Å²) >= 11 is 0. The summed E-state index contributed by atoms with van der Waals surface area (Å²) in [6.07, 6.45) is -4.50. The predicted molar refractivity (Wildman–Crippen MR) is 93.8 cm³/mol. The number of alkyl halides is 3. The van der Waals surface area contributed by atoms with Gasteiger partial charge in [0.1, 0.15) is 0 Å². The van der Waals surface area contributed by atoms with Gasteiger partial charge in [-0.05, 0) is 22.9 Å². The number of rotatable bonds is 6. The largest absolute Gasteiger partial charge is 0.401 e. The van der Waals surface area contributed by atoms with E-state index < -0.39 is 37.6 Å². The van der Waals surface area contributed by atoms with Crippen LogP contribution in [0.1, 0.15) is 0 Å². The topological polar surface area (TPSA) is 52.7 Å². The maximum absolute atomic E-state index is 12.7. The van der Waals surface area contributed by atoms with Crippen LogP contribution < -0.4 is 5.32 Å². The molecule has 0 saturated carbocycles. The molecule has 0 bridgehead atoms. The second-order valence-electron chi connectivity index (χ2n) is 6.16. The Hall–Kier alpha value is -2.61. The van der Waals surface area contributed by atoms with Crippen LogP contribution >= 0.6 is 0 Å². The van der Waals surface area contributed by atoms with Gasteiger partial charge < -0.3 is 10.2 Å². The summed E-state index contributed by atoms with van der Waals surface area (Å²) in [5.41, 5.74) is 0.486. The van der Waals surface area contributed by atoms with Crippen molar-refractivity contribution in [1.82, 2.24) is 9.80 Å². The van der Waals surface area contributed by atoms with Crippen molar-refractivity contribution in [2.24, 2.45) is 0 Å². The lowest BCUT2D eigenvalue weighted by Crippen LogP contribution is -2.44. The van der Waals surface area contributed by atoms with Gasteiger partial charge in [0, 0.05) is 19.8 Å². The van der Waals surface area contributed by atoms with E-state index in [-0.39, 0.29) is 0 Å². The first-order valence-electron chi connectivity index (χ1n) is 7.92. The molecule has 26 heavy (non-hydrogen) atoms. The van der Waals surface area contributed by atoms with Gasteiger partial charge in [-0.1, -0.05) is 30.3 Å². The van der Waals surface area contributed by atoms with Crippen LogP contribution in [0.3, 0.4) is 0 Å². The van der Waals surface area contributed by atoms with Crippen LogP contribution in [-0.4, -0.2) is 61.5 Å². The lowest BCUT2D eigenvalue weighted by atomic mass is 10.1. The lowest BCUT2D eigenvalue weighted by Gasteiger charge is -2.24. The minimum atomic E-state index is -4.50. The van der Waals surface area contributed by atoms with Crippen molar-refractivity contribution in [3.05, 3.63) is 42.5 Å². The van der Waals surface area contributed by atoms with E-state index in [1.807, 2.05) is 30.3 Å². The van der Waals surface area contributed by atoms with E-state index in [0.717, 1.165) is 15.7 Å². The monoisotopic (exact) mass is 367 g/mol. The maximum Gasteiger partial charge on any atom is 0.401 e. The summed E-state index contributed by atoms with van der Waals surface area (Å²) in [6, 6.07) is 12.8. The number of carbonyl (C=O) groups is 2. The highest BCUT2D eigenvalue weighted by Crippen LogP contribution is 2.19. The number of nitrogens with one attached hydrogen (secondary N) is 1. The molecule has 0 aliphatic heterocycles. The number of benzene rings is 2. The molecule has 5 nitrogen and oxygen atoms in total. The van der Waals surface area contributed by atoms with E-state index >= 15 is 0 Å². The zero-order chi connectivity index (χ0) is 19.3. The molecule has 2 amide bonds. The van der Waals surface area contributed by atoms with Crippen molar-refractivity contribution < 1.29 is 22.8 Å². The lowest BCUT2D eigenvalue weighted by molar-refractivity contribution is -0.152. The number of hydrogen-bond donors (Lipinski definition) is 1. The molecule has 0 atom stereocenters. The molecule has 0 unspecified atom stereocenters. The summed E-state index contributed by atoms with van der Waals surface area (Å²) in [4.78, 5) is 25.8. The van der Waals surface area contributed by atoms with Gasteiger partial charge >= 0.3 is 6.18 Å². The molecule has 0 aromatic heterocycles. The quantitative estimate of drug-likeness (QED) is 0.854. The Kier molecular flexibility index (Phi) is 6.20. The highest BCUT2D eigenvalue weighted by Gasteiger charge is 2.32. The normalized spacial score (nSPS) is 11.6. The minimum Gasteiger partial charge on any atom is -0.348 e. The number of carbonyl (C=O) groups excluding carboxylic acids is 2. The Morgan fingerprint density at radius 3 is 2.27 bits per heavy atom. The molecule has 0 spiro atoms. The van der Waals surface area contributed by atoms with Crippen LogP contribution in [0.2, 0.25) is 0 Å². The highest BCUT2D eigenvalue weighted by molar-refractivity contribution is 5.95. The van der Waals surface area contributed by atoms with Crippen LogP contribution in [0.25, 0.3) is 10.8 Å². The zero-order valence-electron chi connectivity index (χ0n) is 14.5. The average Bonchev–Trinajstić information content (AvgIpc) is 2.52. The second kappa shape index (κ2) is 8.18. The molecule has 0 aliphatic rings. The Bertz CT molecular complexity index is 791. The SMILES string of the molecule is CN(C)C(=O)CN(CC(=O)Nc1ccc2ccccc2c1)CC(F)(F)F. The number of anilines is 1. The molecule has 0 saturated heterocycles. The van der Waals surface area contributed by atoms with Crippen molar-refractivity contribution in [1.29, 1.82) is 0 Å². The Morgan fingerprint density at radius 2 is 1.65 bits per heavy atom. The van der Waals surface area contributed by atoms with E-state index in [2.05, 4.69) is 5.32 Å². The first kappa shape index (κ1) is 19.7. The fourth-order valence-corrected chi connectivity index (χ4v) is 2.42. The van der Waals surface area contributed by atoms with Crippen LogP contribution in [0.4, 0.5) is 18.9 Å². The summed E-state index contributed by atoms with van der Waals surface area (Å²) < 4.78 is 38.1. The number of halogens is 3. The summed E-state index contributed by atoms with van der Waals surface area (Å²) in [5, 5.41) is 4.47. The van der Waals surface area contributed by atoms with E-state index in [0.29, 0.717) is 5.69 Å². The van der Waals surface area contributed by atoms with Crippen molar-refractivity contribution in [3.8, 4) is 0 Å². The zero-order valence-corrected chi connectivity index (χ0v) is 14.5. The van der Waals surface area contributed by atoms with E-state index in [9.17, 15) is 22.8 Å². The molecule has 2 aromatic carbocycles. The van der Waals surface area contributed by atoms with Crippen LogP contribution in [0.5, 0.6) is 0 Å². The highest BCUT2D eigenvalue weighted by atomic mass is 19.4. The molecular weight excluding hydrogens is 347 g/mol. The van der Waals surface area contributed by atoms with Crippen LogP contribution in [0, 0.1) is 0 Å². The summed E-state index contributed by atoms with van der Waals surface area (Å²) in [6.45, 7) is -2.36. The standard InChI is InChI=1S/C18H20F3N3O2/c1-23(2)17(26)11-24(12-18(19,20)21)10-16(25)22-15-8-7-13-5-3-4-6-14(13)9-15/h3-9H,10-12H2,1-2H3,(H,22,25). The maximum atomic E-state index is 12.7. The molecule has 0 heterocycles. The van der Waals surface area contributed by atoms with E-state index in [4.69, 9.17) is 0 Å². The van der Waals surface area contributed by atoms with E-state index in [1.165, 1.54) is 19.0 Å². The second-order valence-corrected chi connectivity index (χ2v) is 6.16. The Morgan fingerprint density at radius 1 is 1.00 bits per heavy atom. The first-order chi connectivity index (χ1) is 12.1. The number of likely N-dealkylation sites (N-methyl/N-ethyl adjacent to an activating group) is 1. The number of hydrogen-bond acceptors (Lipinski definition) is 3. The summed E-state index contributed by atoms with van der Waals surface area (Å²) in [5.74, 6) is -1.12. The van der Waals surface area contributed by atoms with Crippen LogP contribution in [0.15, 0.2) is 42.5 Å². The van der Waals surface area contributed by atoms with Gasteiger partial charge in [-0.3, -0.25) is 14.5 Å². The third-order valence-electron chi connectivity index (χ3n) is 3.66. The van der Waals surface area contributed by atoms with Gasteiger partial charge in [-0.15, -0.1) is 0 Å². The van der Waals surface area contributed by atoms with Gasteiger partial charge in [0.15, 0.2) is 0 Å². The molecule has 1 N–H and O–H groups in total. The third kappa shape index (κ3) is 6.03. The molecule has 0 aliphatic carbocycles. The molecular formula is C18H20F3N3O2. The van der Waals surface area contributed by atoms with Crippen molar-refractivity contribution >= 4 is 28.3 Å². The fourth-order valence-electron chi connectivity index (χ4n) is 2.42. The molecule has 0 radical (unpaired) electrons. The molecule has 8 heteroatoms. The van der Waals surface area contributed by atoms with Crippen molar-refractivity contribution in [2.75, 3.05) is 39.0 Å². The van der Waals surface area contributed by atoms with Gasteiger partial charge in [0.2, 0.25) is 11.8 Å². The fraction of sp³-hybridized carbons (Fsp3) is 0.333. The van der Waals surface area contributed by atoms with Gasteiger partial charge in [-0.25, -0.2) is 0 Å². The van der Waals surface area contributed by atoms with Crippen LogP contribution in [-0.2, 0) is 9.59 Å². The predicted octanol–water partition coefficient (Wildman–Crippen LogP) is 2.73. The minimum absolute atomic E-state index is 0.486. The molecule has 2 aromatic rings. The van der Waals surface area contributed by atoms with Crippen molar-refractivity contribution in [3.63, 3.8) is 0 Å². The van der Waals surface area contributed by atoms with Crippen molar-refractivity contribution in [2.45, 2.75) is 6.18 Å². The molecule has 140 valence electrons. The number of amides is 2. The van der Waals surface area contributed by atoms with E-state index in [1.54, 1.807) is 12.1 Å².